The van der Waals surface area contributed by atoms with E-state index in [1.807, 2.05) is 31.0 Å². The van der Waals surface area contributed by atoms with Gasteiger partial charge in [0.2, 0.25) is 0 Å². The lowest BCUT2D eigenvalue weighted by Crippen LogP contribution is -2.08. The summed E-state index contributed by atoms with van der Waals surface area (Å²) >= 11 is 1.66. The van der Waals surface area contributed by atoms with E-state index in [4.69, 9.17) is 0 Å². The SMILES string of the molecule is Cc1nc(NC(C)c2cnn(C)c2)c2c(C)csc2n1. The molecule has 104 valence electrons. The molecule has 1 atom stereocenters. The highest BCUT2D eigenvalue weighted by atomic mass is 32.1. The molecule has 0 amide bonds. The van der Waals surface area contributed by atoms with Crippen LogP contribution in [0.15, 0.2) is 17.8 Å². The van der Waals surface area contributed by atoms with Gasteiger partial charge < -0.3 is 5.32 Å². The van der Waals surface area contributed by atoms with E-state index in [0.717, 1.165) is 27.4 Å². The average molecular weight is 287 g/mol. The minimum absolute atomic E-state index is 0.153. The van der Waals surface area contributed by atoms with Crippen LogP contribution in [0.2, 0.25) is 0 Å². The van der Waals surface area contributed by atoms with Crippen LogP contribution in [0.3, 0.4) is 0 Å². The van der Waals surface area contributed by atoms with Crippen molar-refractivity contribution in [3.05, 3.63) is 34.7 Å². The predicted octanol–water partition coefficient (Wildman–Crippen LogP) is 3.21. The van der Waals surface area contributed by atoms with Gasteiger partial charge in [-0.25, -0.2) is 9.97 Å². The van der Waals surface area contributed by atoms with Crippen LogP contribution in [0.4, 0.5) is 5.82 Å². The molecule has 0 saturated heterocycles. The van der Waals surface area contributed by atoms with Crippen LogP contribution in [0.25, 0.3) is 10.2 Å². The van der Waals surface area contributed by atoms with Crippen LogP contribution in [0.1, 0.15) is 29.9 Å². The van der Waals surface area contributed by atoms with Crippen molar-refractivity contribution in [2.24, 2.45) is 7.05 Å². The number of hydrogen-bond donors (Lipinski definition) is 1. The summed E-state index contributed by atoms with van der Waals surface area (Å²) < 4.78 is 1.81. The first-order chi connectivity index (χ1) is 9.54. The van der Waals surface area contributed by atoms with Gasteiger partial charge in [0.15, 0.2) is 0 Å². The molecule has 0 aliphatic rings. The van der Waals surface area contributed by atoms with Gasteiger partial charge in [-0.2, -0.15) is 5.10 Å². The van der Waals surface area contributed by atoms with Crippen molar-refractivity contribution in [3.8, 4) is 0 Å². The lowest BCUT2D eigenvalue weighted by atomic mass is 10.2. The average Bonchev–Trinajstić information content (AvgIpc) is 2.96. The molecule has 0 aliphatic carbocycles. The number of nitrogens with one attached hydrogen (secondary N) is 1. The summed E-state index contributed by atoms with van der Waals surface area (Å²) in [5, 5.41) is 10.9. The van der Waals surface area contributed by atoms with E-state index in [1.54, 1.807) is 11.3 Å². The summed E-state index contributed by atoms with van der Waals surface area (Å²) in [5.41, 5.74) is 2.36. The van der Waals surface area contributed by atoms with E-state index in [2.05, 4.69) is 39.6 Å². The number of fused-ring (bicyclic) bond motifs is 1. The number of hydrogen-bond acceptors (Lipinski definition) is 5. The topological polar surface area (TPSA) is 55.6 Å². The molecule has 3 rings (SSSR count). The zero-order chi connectivity index (χ0) is 14.3. The molecule has 3 aromatic heterocycles. The highest BCUT2D eigenvalue weighted by molar-refractivity contribution is 7.17. The van der Waals surface area contributed by atoms with Gasteiger partial charge in [-0.05, 0) is 31.7 Å². The first kappa shape index (κ1) is 13.1. The third-order valence-corrected chi connectivity index (χ3v) is 4.30. The minimum atomic E-state index is 0.153. The molecule has 0 saturated carbocycles. The molecule has 3 heterocycles. The van der Waals surface area contributed by atoms with Gasteiger partial charge in [0.05, 0.1) is 17.6 Å². The fourth-order valence-electron chi connectivity index (χ4n) is 2.25. The molecule has 3 aromatic rings. The smallest absolute Gasteiger partial charge is 0.139 e. The molecule has 1 unspecified atom stereocenters. The van der Waals surface area contributed by atoms with Gasteiger partial charge in [-0.3, -0.25) is 4.68 Å². The first-order valence-electron chi connectivity index (χ1n) is 6.52. The van der Waals surface area contributed by atoms with Crippen molar-refractivity contribution in [1.29, 1.82) is 0 Å². The Balaban J connectivity index is 1.99. The van der Waals surface area contributed by atoms with Crippen LogP contribution in [-0.2, 0) is 7.05 Å². The van der Waals surface area contributed by atoms with E-state index in [1.165, 1.54) is 5.56 Å². The maximum absolute atomic E-state index is 4.56. The van der Waals surface area contributed by atoms with Gasteiger partial charge >= 0.3 is 0 Å². The number of rotatable bonds is 3. The van der Waals surface area contributed by atoms with E-state index in [9.17, 15) is 0 Å². The van der Waals surface area contributed by atoms with Crippen LogP contribution in [-0.4, -0.2) is 19.7 Å². The summed E-state index contributed by atoms with van der Waals surface area (Å²) in [6.07, 6.45) is 3.90. The van der Waals surface area contributed by atoms with E-state index < -0.39 is 0 Å². The standard InChI is InChI=1S/C14H17N5S/c1-8-7-20-14-12(8)13(17-10(3)18-14)16-9(2)11-5-15-19(4)6-11/h5-7,9H,1-4H3,(H,16,17,18). The molecule has 1 N–H and O–H groups in total. The Morgan fingerprint density at radius 2 is 2.10 bits per heavy atom. The zero-order valence-corrected chi connectivity index (χ0v) is 12.8. The number of aryl methyl sites for hydroxylation is 3. The third kappa shape index (κ3) is 2.27. The maximum Gasteiger partial charge on any atom is 0.139 e. The highest BCUT2D eigenvalue weighted by Gasteiger charge is 2.14. The van der Waals surface area contributed by atoms with Crippen molar-refractivity contribution in [2.45, 2.75) is 26.8 Å². The lowest BCUT2D eigenvalue weighted by molar-refractivity contribution is 0.765. The predicted molar refractivity (Wildman–Crippen MR) is 82.1 cm³/mol. The van der Waals surface area contributed by atoms with Crippen molar-refractivity contribution >= 4 is 27.4 Å². The summed E-state index contributed by atoms with van der Waals surface area (Å²) in [6.45, 7) is 6.13. The van der Waals surface area contributed by atoms with Crippen LogP contribution in [0, 0.1) is 13.8 Å². The van der Waals surface area contributed by atoms with Crippen LogP contribution < -0.4 is 5.32 Å². The molecule has 0 spiro atoms. The van der Waals surface area contributed by atoms with Gasteiger partial charge in [-0.15, -0.1) is 11.3 Å². The Morgan fingerprint density at radius 3 is 2.80 bits per heavy atom. The Labute approximate surface area is 121 Å². The molecule has 0 aromatic carbocycles. The van der Waals surface area contributed by atoms with Crippen molar-refractivity contribution in [3.63, 3.8) is 0 Å². The fraction of sp³-hybridized carbons (Fsp3) is 0.357. The molecular weight excluding hydrogens is 270 g/mol. The second-order valence-electron chi connectivity index (χ2n) is 5.03. The molecule has 0 aliphatic heterocycles. The summed E-state index contributed by atoms with van der Waals surface area (Å²) in [6, 6.07) is 0.153. The van der Waals surface area contributed by atoms with E-state index >= 15 is 0 Å². The molecule has 5 nitrogen and oxygen atoms in total. The summed E-state index contributed by atoms with van der Waals surface area (Å²) in [4.78, 5) is 10.1. The zero-order valence-electron chi connectivity index (χ0n) is 12.0. The van der Waals surface area contributed by atoms with Gasteiger partial charge in [0.25, 0.3) is 0 Å². The fourth-order valence-corrected chi connectivity index (χ4v) is 3.21. The summed E-state index contributed by atoms with van der Waals surface area (Å²) in [7, 11) is 1.92. The minimum Gasteiger partial charge on any atom is -0.363 e. The molecule has 0 radical (unpaired) electrons. The first-order valence-corrected chi connectivity index (χ1v) is 7.40. The largest absolute Gasteiger partial charge is 0.363 e. The van der Waals surface area contributed by atoms with Crippen molar-refractivity contribution in [2.75, 3.05) is 5.32 Å². The maximum atomic E-state index is 4.56. The second-order valence-corrected chi connectivity index (χ2v) is 5.89. The van der Waals surface area contributed by atoms with Crippen LogP contribution in [0.5, 0.6) is 0 Å². The van der Waals surface area contributed by atoms with Gasteiger partial charge in [0.1, 0.15) is 16.5 Å². The molecule has 0 fully saturated rings. The molecule has 20 heavy (non-hydrogen) atoms. The van der Waals surface area contributed by atoms with Crippen LogP contribution >= 0.6 is 11.3 Å². The Morgan fingerprint density at radius 1 is 1.30 bits per heavy atom. The number of thiophene rings is 1. The highest BCUT2D eigenvalue weighted by Crippen LogP contribution is 2.31. The second kappa shape index (κ2) is 4.86. The molecule has 6 heteroatoms. The molecule has 0 bridgehead atoms. The van der Waals surface area contributed by atoms with Gasteiger partial charge in [0, 0.05) is 18.8 Å². The monoisotopic (exact) mass is 287 g/mol. The van der Waals surface area contributed by atoms with Crippen molar-refractivity contribution in [1.82, 2.24) is 19.7 Å². The Bertz CT molecular complexity index is 758. The van der Waals surface area contributed by atoms with Gasteiger partial charge in [-0.1, -0.05) is 0 Å². The number of nitrogens with zero attached hydrogens (tertiary/aromatic N) is 4. The Hall–Kier alpha value is -1.95. The Kier molecular flexibility index (Phi) is 3.17. The van der Waals surface area contributed by atoms with Crippen molar-refractivity contribution < 1.29 is 0 Å². The quantitative estimate of drug-likeness (QED) is 0.803. The third-order valence-electron chi connectivity index (χ3n) is 3.31. The van der Waals surface area contributed by atoms with E-state index in [-0.39, 0.29) is 6.04 Å². The lowest BCUT2D eigenvalue weighted by Gasteiger charge is -2.14. The summed E-state index contributed by atoms with van der Waals surface area (Å²) in [5.74, 6) is 1.70. The van der Waals surface area contributed by atoms with E-state index in [0.29, 0.717) is 0 Å². The normalized spacial score (nSPS) is 12.8. The number of aromatic nitrogens is 4. The molecular formula is C14H17N5S. The number of anilines is 1.